The van der Waals surface area contributed by atoms with Gasteiger partial charge in [0.2, 0.25) is 5.89 Å². The molecule has 0 bridgehead atoms. The molecule has 3 heterocycles. The zero-order chi connectivity index (χ0) is 16.4. The van der Waals surface area contributed by atoms with Gasteiger partial charge in [0, 0.05) is 19.6 Å². The Morgan fingerprint density at radius 1 is 1.57 bits per heavy atom. The number of nitrogens with zero attached hydrogens (tertiary/aromatic N) is 3. The molecule has 0 amide bonds. The number of nitrogens with one attached hydrogen (secondary N) is 2. The van der Waals surface area contributed by atoms with Gasteiger partial charge in [-0.05, 0) is 25.4 Å². The van der Waals surface area contributed by atoms with Crippen LogP contribution in [0.3, 0.4) is 0 Å². The summed E-state index contributed by atoms with van der Waals surface area (Å²) < 4.78 is 32.5. The van der Waals surface area contributed by atoms with E-state index in [0.29, 0.717) is 5.82 Å². The quantitative estimate of drug-likeness (QED) is 0.814. The van der Waals surface area contributed by atoms with E-state index in [0.717, 1.165) is 31.0 Å². The second kappa shape index (κ2) is 6.65. The van der Waals surface area contributed by atoms with Crippen molar-refractivity contribution in [3.63, 3.8) is 0 Å². The van der Waals surface area contributed by atoms with Gasteiger partial charge in [0.05, 0.1) is 12.1 Å². The summed E-state index contributed by atoms with van der Waals surface area (Å²) >= 11 is 1.16. The van der Waals surface area contributed by atoms with Crippen LogP contribution in [-0.4, -0.2) is 50.1 Å². The first-order valence-electron chi connectivity index (χ1n) is 7.27. The van der Waals surface area contributed by atoms with Gasteiger partial charge in [0.15, 0.2) is 5.82 Å². The molecule has 3 rings (SSSR count). The Bertz CT molecular complexity index is 744. The minimum absolute atomic E-state index is 0.0300. The second-order valence-electron chi connectivity index (χ2n) is 5.47. The topological polar surface area (TPSA) is 100 Å². The summed E-state index contributed by atoms with van der Waals surface area (Å²) in [5.74, 6) is 0.830. The zero-order valence-corrected chi connectivity index (χ0v) is 14.5. The van der Waals surface area contributed by atoms with Gasteiger partial charge in [-0.1, -0.05) is 11.2 Å². The van der Waals surface area contributed by atoms with Crippen LogP contribution < -0.4 is 10.0 Å². The van der Waals surface area contributed by atoms with Crippen LogP contribution in [0.1, 0.15) is 30.7 Å². The normalized spacial score (nSPS) is 21.4. The largest absolute Gasteiger partial charge is 0.338 e. The minimum atomic E-state index is -3.57. The van der Waals surface area contributed by atoms with Gasteiger partial charge in [0.25, 0.3) is 10.0 Å². The number of piperazine rings is 1. The summed E-state index contributed by atoms with van der Waals surface area (Å²) in [6, 6.07) is 2.69. The van der Waals surface area contributed by atoms with E-state index in [-0.39, 0.29) is 16.1 Å². The predicted molar refractivity (Wildman–Crippen MR) is 85.6 cm³/mol. The lowest BCUT2D eigenvalue weighted by atomic mass is 10.2. The number of sulfonamides is 1. The first-order valence-corrected chi connectivity index (χ1v) is 9.64. The Labute approximate surface area is 138 Å². The second-order valence-corrected chi connectivity index (χ2v) is 8.35. The molecule has 1 saturated heterocycles. The van der Waals surface area contributed by atoms with Crippen LogP contribution in [-0.2, 0) is 10.0 Å². The third-order valence-corrected chi connectivity index (χ3v) is 6.67. The Morgan fingerprint density at radius 2 is 2.39 bits per heavy atom. The van der Waals surface area contributed by atoms with Crippen molar-refractivity contribution >= 4 is 21.4 Å². The number of hydrogen-bond donors (Lipinski definition) is 2. The Balaban J connectivity index is 1.72. The molecule has 0 spiro atoms. The first kappa shape index (κ1) is 16.5. The van der Waals surface area contributed by atoms with Crippen LogP contribution >= 0.6 is 11.3 Å². The number of hydrogen-bond acceptors (Lipinski definition) is 8. The smallest absolute Gasteiger partial charge is 0.250 e. The molecule has 0 aromatic carbocycles. The summed E-state index contributed by atoms with van der Waals surface area (Å²) in [6.45, 7) is 4.25. The molecule has 126 valence electrons. The van der Waals surface area contributed by atoms with Crippen molar-refractivity contribution < 1.29 is 12.9 Å². The highest BCUT2D eigenvalue weighted by atomic mass is 32.2. The molecule has 2 N–H and O–H groups in total. The lowest BCUT2D eigenvalue weighted by Crippen LogP contribution is -2.44. The summed E-state index contributed by atoms with van der Waals surface area (Å²) in [5, 5.41) is 9.01. The number of aromatic nitrogens is 2. The van der Waals surface area contributed by atoms with Crippen molar-refractivity contribution in [2.24, 2.45) is 0 Å². The van der Waals surface area contributed by atoms with Crippen molar-refractivity contribution in [1.82, 2.24) is 25.1 Å². The van der Waals surface area contributed by atoms with Crippen LogP contribution in [0, 0.1) is 0 Å². The van der Waals surface area contributed by atoms with Crippen LogP contribution in [0.5, 0.6) is 0 Å². The van der Waals surface area contributed by atoms with Crippen LogP contribution in [0.15, 0.2) is 26.2 Å². The van der Waals surface area contributed by atoms with Gasteiger partial charge in [-0.3, -0.25) is 4.90 Å². The number of likely N-dealkylation sites (N-methyl/N-ethyl adjacent to an activating group) is 1. The molecule has 23 heavy (non-hydrogen) atoms. The number of rotatable bonds is 5. The average Bonchev–Trinajstić information content (AvgIpc) is 3.19. The van der Waals surface area contributed by atoms with E-state index in [1.54, 1.807) is 24.4 Å². The van der Waals surface area contributed by atoms with Gasteiger partial charge in [0.1, 0.15) is 4.21 Å². The SMILES string of the molecule is CC(NS(=O)(=O)c1cccs1)c1nc(C2CNCCN2C)no1. The van der Waals surface area contributed by atoms with E-state index in [9.17, 15) is 8.42 Å². The molecule has 2 atom stereocenters. The lowest BCUT2D eigenvalue weighted by Gasteiger charge is -2.30. The fourth-order valence-electron chi connectivity index (χ4n) is 2.41. The summed E-state index contributed by atoms with van der Waals surface area (Å²) in [4.78, 5) is 6.51. The molecule has 2 aromatic heterocycles. The molecule has 2 unspecified atom stereocenters. The van der Waals surface area contributed by atoms with E-state index in [2.05, 4.69) is 25.1 Å². The maximum absolute atomic E-state index is 12.2. The molecule has 0 saturated carbocycles. The summed E-state index contributed by atoms with van der Waals surface area (Å²) in [6.07, 6.45) is 0. The van der Waals surface area contributed by atoms with Crippen molar-refractivity contribution in [3.05, 3.63) is 29.2 Å². The zero-order valence-electron chi connectivity index (χ0n) is 12.9. The molecule has 2 aromatic rings. The van der Waals surface area contributed by atoms with Gasteiger partial charge < -0.3 is 9.84 Å². The average molecular weight is 357 g/mol. The van der Waals surface area contributed by atoms with E-state index in [1.807, 2.05) is 7.05 Å². The van der Waals surface area contributed by atoms with Gasteiger partial charge in [-0.2, -0.15) is 9.71 Å². The summed E-state index contributed by atoms with van der Waals surface area (Å²) in [5.41, 5.74) is 0. The third kappa shape index (κ3) is 3.61. The fraction of sp³-hybridized carbons (Fsp3) is 0.538. The van der Waals surface area contributed by atoms with E-state index in [1.165, 1.54) is 0 Å². The fourth-order valence-corrected chi connectivity index (χ4v) is 4.62. The Kier molecular flexibility index (Phi) is 4.78. The highest BCUT2D eigenvalue weighted by Crippen LogP contribution is 2.22. The Hall–Kier alpha value is -1.33. The third-order valence-electron chi connectivity index (χ3n) is 3.73. The Morgan fingerprint density at radius 3 is 3.09 bits per heavy atom. The van der Waals surface area contributed by atoms with Crippen molar-refractivity contribution in [2.75, 3.05) is 26.7 Å². The molecule has 0 radical (unpaired) electrons. The van der Waals surface area contributed by atoms with E-state index < -0.39 is 16.1 Å². The van der Waals surface area contributed by atoms with Crippen molar-refractivity contribution in [2.45, 2.75) is 23.2 Å². The number of thiophene rings is 1. The van der Waals surface area contributed by atoms with Crippen molar-refractivity contribution in [1.29, 1.82) is 0 Å². The molecule has 8 nitrogen and oxygen atoms in total. The van der Waals surface area contributed by atoms with Crippen LogP contribution in [0.25, 0.3) is 0 Å². The molecule has 10 heteroatoms. The summed E-state index contributed by atoms with van der Waals surface area (Å²) in [7, 11) is -1.57. The first-order chi connectivity index (χ1) is 11.0. The highest BCUT2D eigenvalue weighted by molar-refractivity contribution is 7.91. The molecular weight excluding hydrogens is 338 g/mol. The standard InChI is InChI=1S/C13H19N5O3S2/c1-9(17-23(19,20)11-4-3-7-22-11)13-15-12(16-21-13)10-8-14-5-6-18(10)2/h3-4,7,9-10,14,17H,5-6,8H2,1-2H3. The van der Waals surface area contributed by atoms with E-state index >= 15 is 0 Å². The molecule has 1 aliphatic heterocycles. The molecule has 0 aliphatic carbocycles. The van der Waals surface area contributed by atoms with Crippen molar-refractivity contribution in [3.8, 4) is 0 Å². The van der Waals surface area contributed by atoms with Gasteiger partial charge in [-0.15, -0.1) is 11.3 Å². The molecular formula is C13H19N5O3S2. The van der Waals surface area contributed by atoms with E-state index in [4.69, 9.17) is 4.52 Å². The lowest BCUT2D eigenvalue weighted by molar-refractivity contribution is 0.190. The minimum Gasteiger partial charge on any atom is -0.338 e. The van der Waals surface area contributed by atoms with Crippen LogP contribution in [0.4, 0.5) is 0 Å². The maximum Gasteiger partial charge on any atom is 0.250 e. The molecule has 1 fully saturated rings. The van der Waals surface area contributed by atoms with Gasteiger partial charge >= 0.3 is 0 Å². The highest BCUT2D eigenvalue weighted by Gasteiger charge is 2.28. The predicted octanol–water partition coefficient (Wildman–Crippen LogP) is 0.747. The molecule has 1 aliphatic rings. The van der Waals surface area contributed by atoms with Gasteiger partial charge in [-0.25, -0.2) is 8.42 Å². The monoisotopic (exact) mass is 357 g/mol. The maximum atomic E-state index is 12.2. The van der Waals surface area contributed by atoms with Crippen LogP contribution in [0.2, 0.25) is 0 Å².